The van der Waals surface area contributed by atoms with Gasteiger partial charge < -0.3 is 16.4 Å². The maximum Gasteiger partial charge on any atom is 0.229 e. The Labute approximate surface area is 158 Å². The van der Waals surface area contributed by atoms with Gasteiger partial charge in [-0.05, 0) is 38.1 Å². The third-order valence-electron chi connectivity index (χ3n) is 6.25. The van der Waals surface area contributed by atoms with Crippen molar-refractivity contribution >= 4 is 5.91 Å². The average Bonchev–Trinajstić information content (AvgIpc) is 2.97. The molecule has 7 unspecified atom stereocenters. The highest BCUT2D eigenvalue weighted by Gasteiger charge is 2.46. The number of rotatable bonds is 3. The summed E-state index contributed by atoms with van der Waals surface area (Å²) >= 11 is 0. The Kier molecular flexibility index (Phi) is 5.40. The third-order valence-corrected chi connectivity index (χ3v) is 6.25. The molecule has 2 fully saturated rings. The largest absolute Gasteiger partial charge is 0.351 e. The highest BCUT2D eigenvalue weighted by Crippen LogP contribution is 2.32. The molecule has 4 heterocycles. The zero-order valence-corrected chi connectivity index (χ0v) is 15.6. The van der Waals surface area contributed by atoms with Gasteiger partial charge >= 0.3 is 0 Å². The summed E-state index contributed by atoms with van der Waals surface area (Å²) in [5.74, 6) is -0.103. The van der Waals surface area contributed by atoms with E-state index in [1.807, 2.05) is 0 Å². The number of azo groups is 1. The van der Waals surface area contributed by atoms with Gasteiger partial charge in [-0.25, -0.2) is 9.82 Å². The molecule has 7 atom stereocenters. The standard InChI is InChI=1S/C17H29FN8O/c1-9-11(3-5-22-24-9)12-2-4-20-7-13(12)23-17(27)14-15(19)25-26-8-10(18)6-21-16(14)26/h8-9,11-16,20-21,25H,2-7,19H2,1H3,(H,23,27). The first-order chi connectivity index (χ1) is 13.0. The summed E-state index contributed by atoms with van der Waals surface area (Å²) in [6.45, 7) is 4.66. The normalized spacial score (nSPS) is 41.8. The van der Waals surface area contributed by atoms with Crippen LogP contribution in [-0.2, 0) is 4.79 Å². The van der Waals surface area contributed by atoms with E-state index in [-0.39, 0.29) is 36.5 Å². The van der Waals surface area contributed by atoms with Crippen LogP contribution in [0.4, 0.5) is 4.39 Å². The van der Waals surface area contributed by atoms with E-state index < -0.39 is 12.1 Å². The first kappa shape index (κ1) is 18.7. The molecule has 0 saturated carbocycles. The molecule has 1 amide bonds. The molecule has 4 aliphatic heterocycles. The molecule has 0 aromatic heterocycles. The summed E-state index contributed by atoms with van der Waals surface area (Å²) in [6, 6.07) is 0.212. The number of amides is 1. The van der Waals surface area contributed by atoms with E-state index in [0.29, 0.717) is 11.8 Å². The monoisotopic (exact) mass is 380 g/mol. The van der Waals surface area contributed by atoms with E-state index in [9.17, 15) is 9.18 Å². The molecule has 0 spiro atoms. The lowest BCUT2D eigenvalue weighted by molar-refractivity contribution is -0.127. The summed E-state index contributed by atoms with van der Waals surface area (Å²) in [4.78, 5) is 13.1. The molecule has 0 aromatic rings. The number of halogens is 1. The quantitative estimate of drug-likeness (QED) is 0.446. The number of carbonyl (C=O) groups excluding carboxylic acids is 1. The molecule has 0 aliphatic carbocycles. The second kappa shape index (κ2) is 7.78. The molecule has 150 valence electrons. The lowest BCUT2D eigenvalue weighted by atomic mass is 9.75. The Morgan fingerprint density at radius 2 is 2.26 bits per heavy atom. The summed E-state index contributed by atoms with van der Waals surface area (Å²) in [5, 5.41) is 19.7. The van der Waals surface area contributed by atoms with Crippen LogP contribution in [-0.4, -0.2) is 61.5 Å². The van der Waals surface area contributed by atoms with Gasteiger partial charge in [-0.1, -0.05) is 0 Å². The van der Waals surface area contributed by atoms with Gasteiger partial charge in [-0.2, -0.15) is 10.2 Å². The number of nitrogens with zero attached hydrogens (tertiary/aromatic N) is 3. The number of piperidine rings is 1. The van der Waals surface area contributed by atoms with Crippen molar-refractivity contribution in [2.75, 3.05) is 26.2 Å². The maximum atomic E-state index is 13.5. The molecule has 0 bridgehead atoms. The minimum Gasteiger partial charge on any atom is -0.351 e. The molecule has 6 N–H and O–H groups in total. The predicted molar refractivity (Wildman–Crippen MR) is 97.6 cm³/mol. The molecule has 9 nitrogen and oxygen atoms in total. The summed E-state index contributed by atoms with van der Waals surface area (Å²) < 4.78 is 13.5. The number of nitrogens with one attached hydrogen (secondary N) is 4. The zero-order chi connectivity index (χ0) is 19.0. The number of nitrogens with two attached hydrogens (primary N) is 1. The van der Waals surface area contributed by atoms with Crippen molar-refractivity contribution < 1.29 is 9.18 Å². The minimum atomic E-state index is -0.568. The smallest absolute Gasteiger partial charge is 0.229 e. The van der Waals surface area contributed by atoms with E-state index in [1.54, 1.807) is 5.01 Å². The van der Waals surface area contributed by atoms with Crippen molar-refractivity contribution in [2.24, 2.45) is 33.7 Å². The van der Waals surface area contributed by atoms with E-state index in [2.05, 4.69) is 38.5 Å². The highest BCUT2D eigenvalue weighted by atomic mass is 19.1. The van der Waals surface area contributed by atoms with Crippen LogP contribution in [0.5, 0.6) is 0 Å². The topological polar surface area (TPSA) is 119 Å². The van der Waals surface area contributed by atoms with Crippen molar-refractivity contribution in [1.29, 1.82) is 0 Å². The first-order valence-corrected chi connectivity index (χ1v) is 9.82. The molecule has 2 saturated heterocycles. The fourth-order valence-corrected chi connectivity index (χ4v) is 4.87. The number of hydrogen-bond donors (Lipinski definition) is 5. The van der Waals surface area contributed by atoms with Gasteiger partial charge in [0, 0.05) is 12.6 Å². The van der Waals surface area contributed by atoms with Crippen molar-refractivity contribution in [3.8, 4) is 0 Å². The molecule has 4 rings (SSSR count). The van der Waals surface area contributed by atoms with Crippen molar-refractivity contribution in [3.63, 3.8) is 0 Å². The fourth-order valence-electron chi connectivity index (χ4n) is 4.87. The van der Waals surface area contributed by atoms with Crippen molar-refractivity contribution in [2.45, 2.75) is 44.2 Å². The Hall–Kier alpha value is -1.62. The summed E-state index contributed by atoms with van der Waals surface area (Å²) in [7, 11) is 0. The number of carbonyl (C=O) groups is 1. The SMILES string of the molecule is CC1N=NCCC1C1CCNCC1NC(=O)C1C(N)NN2C=C(F)CNC12. The van der Waals surface area contributed by atoms with Crippen LogP contribution in [0, 0.1) is 17.8 Å². The Bertz CT molecular complexity index is 628. The van der Waals surface area contributed by atoms with Crippen molar-refractivity contribution in [1.82, 2.24) is 26.4 Å². The summed E-state index contributed by atoms with van der Waals surface area (Å²) in [6.07, 6.45) is 2.47. The third kappa shape index (κ3) is 3.71. The number of hydrogen-bond acceptors (Lipinski definition) is 8. The Morgan fingerprint density at radius 1 is 1.41 bits per heavy atom. The van der Waals surface area contributed by atoms with Gasteiger partial charge in [0.1, 0.15) is 17.9 Å². The first-order valence-electron chi connectivity index (χ1n) is 9.82. The van der Waals surface area contributed by atoms with Gasteiger partial charge in [0.15, 0.2) is 0 Å². The van der Waals surface area contributed by atoms with Gasteiger partial charge in [0.05, 0.1) is 31.5 Å². The van der Waals surface area contributed by atoms with Gasteiger partial charge in [0.2, 0.25) is 5.91 Å². The van der Waals surface area contributed by atoms with Gasteiger partial charge in [-0.3, -0.25) is 15.1 Å². The van der Waals surface area contributed by atoms with Crippen LogP contribution < -0.4 is 27.1 Å². The van der Waals surface area contributed by atoms with Crippen LogP contribution in [0.1, 0.15) is 19.8 Å². The minimum absolute atomic E-state index is 0.0316. The molecular formula is C17H29FN8O. The van der Waals surface area contributed by atoms with Crippen LogP contribution >= 0.6 is 0 Å². The van der Waals surface area contributed by atoms with Crippen LogP contribution in [0.2, 0.25) is 0 Å². The predicted octanol–water partition coefficient (Wildman–Crippen LogP) is -0.597. The molecule has 0 aromatic carbocycles. The van der Waals surface area contributed by atoms with E-state index >= 15 is 0 Å². The second-order valence-electron chi connectivity index (χ2n) is 7.94. The molecule has 10 heteroatoms. The number of fused-ring (bicyclic) bond motifs is 1. The van der Waals surface area contributed by atoms with E-state index in [4.69, 9.17) is 5.73 Å². The van der Waals surface area contributed by atoms with Crippen LogP contribution in [0.25, 0.3) is 0 Å². The van der Waals surface area contributed by atoms with Crippen LogP contribution in [0.15, 0.2) is 22.3 Å². The van der Waals surface area contributed by atoms with Gasteiger partial charge in [0.25, 0.3) is 0 Å². The Balaban J connectivity index is 1.45. The Morgan fingerprint density at radius 3 is 3.07 bits per heavy atom. The molecule has 4 aliphatic rings. The maximum absolute atomic E-state index is 13.5. The van der Waals surface area contributed by atoms with Crippen molar-refractivity contribution in [3.05, 3.63) is 12.0 Å². The highest BCUT2D eigenvalue weighted by molar-refractivity contribution is 5.81. The lowest BCUT2D eigenvalue weighted by Crippen LogP contribution is -2.59. The van der Waals surface area contributed by atoms with Gasteiger partial charge in [-0.15, -0.1) is 0 Å². The second-order valence-corrected chi connectivity index (χ2v) is 7.94. The summed E-state index contributed by atoms with van der Waals surface area (Å²) in [5.41, 5.74) is 9.11. The van der Waals surface area contributed by atoms with Crippen LogP contribution in [0.3, 0.4) is 0 Å². The van der Waals surface area contributed by atoms with E-state index in [0.717, 1.165) is 32.5 Å². The average molecular weight is 380 g/mol. The van der Waals surface area contributed by atoms with E-state index in [1.165, 1.54) is 6.20 Å². The zero-order valence-electron chi connectivity index (χ0n) is 15.6. The number of hydrazine groups is 1. The molecular weight excluding hydrogens is 351 g/mol. The fraction of sp³-hybridized carbons (Fsp3) is 0.824. The lowest BCUT2D eigenvalue weighted by Gasteiger charge is -2.40. The molecule has 0 radical (unpaired) electrons. The molecule has 27 heavy (non-hydrogen) atoms.